The summed E-state index contributed by atoms with van der Waals surface area (Å²) < 4.78 is 77.8. The minimum atomic E-state index is -5.37. The molecule has 0 atom stereocenters. The van der Waals surface area contributed by atoms with Gasteiger partial charge in [-0.15, -0.1) is 13.2 Å². The highest BCUT2D eigenvalue weighted by molar-refractivity contribution is 9.08. The molecule has 4 nitrogen and oxygen atoms in total. The number of carboxylic acids is 1. The number of halogens is 7. The standard InChI is InChI=1S/C9H4BrF6NO3/c10-1-3-2-17-6(20-9(14,15)16)4(7(18)19)5(3)8(11,12)13/h2H,1H2,(H,18,19). The van der Waals surface area contributed by atoms with Crippen molar-refractivity contribution in [3.8, 4) is 5.88 Å². The van der Waals surface area contributed by atoms with Crippen molar-refractivity contribution in [2.45, 2.75) is 17.9 Å². The summed E-state index contributed by atoms with van der Waals surface area (Å²) in [6.45, 7) is 0. The number of carbonyl (C=O) groups is 1. The van der Waals surface area contributed by atoms with Crippen LogP contribution >= 0.6 is 15.9 Å². The molecule has 1 aromatic rings. The number of aromatic carboxylic acids is 1. The maximum atomic E-state index is 12.8. The number of pyridine rings is 1. The first kappa shape index (κ1) is 16.5. The van der Waals surface area contributed by atoms with Crippen molar-refractivity contribution in [1.29, 1.82) is 0 Å². The number of hydrogen-bond acceptors (Lipinski definition) is 3. The molecule has 1 aromatic heterocycles. The summed E-state index contributed by atoms with van der Waals surface area (Å²) in [6, 6.07) is 0. The van der Waals surface area contributed by atoms with Gasteiger partial charge in [0, 0.05) is 11.5 Å². The minimum absolute atomic E-state index is 0.443. The quantitative estimate of drug-likeness (QED) is 0.655. The van der Waals surface area contributed by atoms with E-state index in [0.29, 0.717) is 6.20 Å². The lowest BCUT2D eigenvalue weighted by molar-refractivity contribution is -0.276. The Balaban J connectivity index is 3.61. The Labute approximate surface area is 115 Å². The molecule has 0 saturated carbocycles. The lowest BCUT2D eigenvalue weighted by Crippen LogP contribution is -2.23. The van der Waals surface area contributed by atoms with E-state index in [1.807, 2.05) is 0 Å². The molecule has 0 aliphatic rings. The molecular weight excluding hydrogens is 364 g/mol. The molecule has 0 bridgehead atoms. The second-order valence-electron chi connectivity index (χ2n) is 3.32. The number of aromatic nitrogens is 1. The van der Waals surface area contributed by atoms with Gasteiger partial charge >= 0.3 is 18.5 Å². The lowest BCUT2D eigenvalue weighted by Gasteiger charge is -2.17. The number of hydrogen-bond donors (Lipinski definition) is 1. The van der Waals surface area contributed by atoms with Gasteiger partial charge in [0.1, 0.15) is 5.56 Å². The van der Waals surface area contributed by atoms with E-state index in [1.165, 1.54) is 0 Å². The van der Waals surface area contributed by atoms with Crippen LogP contribution in [-0.4, -0.2) is 22.4 Å². The monoisotopic (exact) mass is 367 g/mol. The molecule has 112 valence electrons. The number of ether oxygens (including phenoxy) is 1. The Bertz CT molecular complexity index is 528. The molecule has 0 fully saturated rings. The van der Waals surface area contributed by atoms with Gasteiger partial charge in [-0.3, -0.25) is 0 Å². The molecule has 0 unspecified atom stereocenters. The number of alkyl halides is 7. The van der Waals surface area contributed by atoms with Crippen LogP contribution in [0.25, 0.3) is 0 Å². The van der Waals surface area contributed by atoms with Crippen molar-refractivity contribution < 1.29 is 41.0 Å². The molecule has 11 heteroatoms. The van der Waals surface area contributed by atoms with Gasteiger partial charge in [-0.2, -0.15) is 13.2 Å². The van der Waals surface area contributed by atoms with Crippen molar-refractivity contribution in [3.63, 3.8) is 0 Å². The Morgan fingerprint density at radius 3 is 2.20 bits per heavy atom. The zero-order valence-electron chi connectivity index (χ0n) is 9.14. The first-order chi connectivity index (χ1) is 8.97. The molecule has 0 saturated heterocycles. The van der Waals surface area contributed by atoms with Crippen molar-refractivity contribution in [2.75, 3.05) is 0 Å². The van der Waals surface area contributed by atoms with E-state index < -0.39 is 46.4 Å². The Morgan fingerprint density at radius 2 is 1.85 bits per heavy atom. The average molecular weight is 368 g/mol. The van der Waals surface area contributed by atoms with E-state index in [4.69, 9.17) is 5.11 Å². The Kier molecular flexibility index (Phi) is 4.52. The maximum Gasteiger partial charge on any atom is 0.574 e. The smallest absolute Gasteiger partial charge is 0.477 e. The van der Waals surface area contributed by atoms with Crippen molar-refractivity contribution in [2.24, 2.45) is 0 Å². The van der Waals surface area contributed by atoms with E-state index >= 15 is 0 Å². The molecule has 0 radical (unpaired) electrons. The van der Waals surface area contributed by atoms with Gasteiger partial charge in [0.25, 0.3) is 0 Å². The van der Waals surface area contributed by atoms with Gasteiger partial charge in [-0.1, -0.05) is 15.9 Å². The first-order valence-corrected chi connectivity index (χ1v) is 5.73. The molecule has 1 heterocycles. The zero-order valence-corrected chi connectivity index (χ0v) is 10.7. The Morgan fingerprint density at radius 1 is 1.30 bits per heavy atom. The normalized spacial score (nSPS) is 12.3. The van der Waals surface area contributed by atoms with Crippen LogP contribution < -0.4 is 4.74 Å². The molecule has 1 rings (SSSR count). The molecule has 0 aromatic carbocycles. The number of nitrogens with zero attached hydrogens (tertiary/aromatic N) is 1. The second-order valence-corrected chi connectivity index (χ2v) is 3.88. The zero-order chi connectivity index (χ0) is 15.7. The van der Waals surface area contributed by atoms with E-state index in [9.17, 15) is 31.1 Å². The predicted octanol–water partition coefficient (Wildman–Crippen LogP) is 3.59. The fraction of sp³-hybridized carbons (Fsp3) is 0.333. The average Bonchev–Trinajstić information content (AvgIpc) is 2.24. The van der Waals surface area contributed by atoms with Crippen molar-refractivity contribution in [1.82, 2.24) is 4.98 Å². The molecule has 1 N–H and O–H groups in total. The second kappa shape index (κ2) is 5.46. The van der Waals surface area contributed by atoms with Gasteiger partial charge in [0.2, 0.25) is 5.88 Å². The van der Waals surface area contributed by atoms with Crippen LogP contribution in [0.5, 0.6) is 5.88 Å². The van der Waals surface area contributed by atoms with Crippen LogP contribution in [0.15, 0.2) is 6.20 Å². The van der Waals surface area contributed by atoms with Crippen LogP contribution in [0, 0.1) is 0 Å². The van der Waals surface area contributed by atoms with Crippen LogP contribution in [0.2, 0.25) is 0 Å². The largest absolute Gasteiger partial charge is 0.574 e. The highest BCUT2D eigenvalue weighted by Gasteiger charge is 2.42. The van der Waals surface area contributed by atoms with Crippen LogP contribution in [0.3, 0.4) is 0 Å². The van der Waals surface area contributed by atoms with E-state index in [2.05, 4.69) is 25.7 Å². The summed E-state index contributed by atoms with van der Waals surface area (Å²) in [5.74, 6) is -3.89. The SMILES string of the molecule is O=C(O)c1c(OC(F)(F)F)ncc(CBr)c1C(F)(F)F. The van der Waals surface area contributed by atoms with Gasteiger partial charge in [0.05, 0.1) is 5.56 Å². The van der Waals surface area contributed by atoms with Gasteiger partial charge in [-0.05, 0) is 5.56 Å². The summed E-state index contributed by atoms with van der Waals surface area (Å²) in [4.78, 5) is 13.8. The first-order valence-electron chi connectivity index (χ1n) is 4.61. The summed E-state index contributed by atoms with van der Waals surface area (Å²) >= 11 is 2.67. The van der Waals surface area contributed by atoms with E-state index in [0.717, 1.165) is 0 Å². The van der Waals surface area contributed by atoms with E-state index in [1.54, 1.807) is 0 Å². The fourth-order valence-electron chi connectivity index (χ4n) is 1.34. The summed E-state index contributed by atoms with van der Waals surface area (Å²) in [5, 5.41) is 8.28. The molecule has 0 amide bonds. The summed E-state index contributed by atoms with van der Waals surface area (Å²) in [5.41, 5.74) is -4.05. The minimum Gasteiger partial charge on any atom is -0.477 e. The summed E-state index contributed by atoms with van der Waals surface area (Å²) in [6.07, 6.45) is -10.1. The Hall–Kier alpha value is -1.52. The van der Waals surface area contributed by atoms with Gasteiger partial charge in [-0.25, -0.2) is 9.78 Å². The lowest BCUT2D eigenvalue weighted by atomic mass is 10.0. The molecule has 0 aliphatic heterocycles. The van der Waals surface area contributed by atoms with Crippen molar-refractivity contribution in [3.05, 3.63) is 22.9 Å². The summed E-state index contributed by atoms with van der Waals surface area (Å²) in [7, 11) is 0. The number of carboxylic acid groups (broad SMARTS) is 1. The molecule has 20 heavy (non-hydrogen) atoms. The van der Waals surface area contributed by atoms with E-state index in [-0.39, 0.29) is 0 Å². The number of rotatable bonds is 3. The van der Waals surface area contributed by atoms with Crippen LogP contribution in [0.1, 0.15) is 21.5 Å². The van der Waals surface area contributed by atoms with Crippen LogP contribution in [0.4, 0.5) is 26.3 Å². The predicted molar refractivity (Wildman–Crippen MR) is 55.5 cm³/mol. The van der Waals surface area contributed by atoms with Crippen LogP contribution in [-0.2, 0) is 11.5 Å². The maximum absolute atomic E-state index is 12.8. The highest BCUT2D eigenvalue weighted by Crippen LogP contribution is 2.39. The van der Waals surface area contributed by atoms with Gasteiger partial charge in [0.15, 0.2) is 0 Å². The third-order valence-corrected chi connectivity index (χ3v) is 2.58. The third-order valence-electron chi connectivity index (χ3n) is 1.98. The van der Waals surface area contributed by atoms with Crippen molar-refractivity contribution >= 4 is 21.9 Å². The third kappa shape index (κ3) is 3.74. The highest BCUT2D eigenvalue weighted by atomic mass is 79.9. The molecular formula is C9H4BrF6NO3. The molecule has 0 spiro atoms. The molecule has 0 aliphatic carbocycles. The fourth-order valence-corrected chi connectivity index (χ4v) is 1.77. The van der Waals surface area contributed by atoms with Gasteiger partial charge < -0.3 is 9.84 Å². The topological polar surface area (TPSA) is 59.4 Å².